The van der Waals surface area contributed by atoms with Crippen LogP contribution in [0.15, 0.2) is 12.3 Å². The molecule has 0 aromatic carbocycles. The van der Waals surface area contributed by atoms with Crippen LogP contribution >= 0.6 is 0 Å². The minimum absolute atomic E-state index is 0.331. The second-order valence-electron chi connectivity index (χ2n) is 6.85. The number of halogens is 1. The fraction of sp³-hybridized carbons (Fsp3) is 0.643. The van der Waals surface area contributed by atoms with Crippen LogP contribution < -0.4 is 11.2 Å². The molecule has 0 radical (unpaired) electrons. The Labute approximate surface area is 119 Å². The van der Waals surface area contributed by atoms with Crippen molar-refractivity contribution >= 4 is 12.6 Å². The van der Waals surface area contributed by atoms with Gasteiger partial charge in [0, 0.05) is 17.2 Å². The average Bonchev–Trinajstić information content (AvgIpc) is 3.02. The van der Waals surface area contributed by atoms with Gasteiger partial charge in [-0.1, -0.05) is 6.07 Å². The van der Waals surface area contributed by atoms with Gasteiger partial charge in [0.2, 0.25) is 5.95 Å². The largest absolute Gasteiger partial charge is 0.499 e. The van der Waals surface area contributed by atoms with Crippen molar-refractivity contribution in [2.24, 2.45) is 5.73 Å². The van der Waals surface area contributed by atoms with E-state index in [9.17, 15) is 4.39 Å². The van der Waals surface area contributed by atoms with E-state index in [1.807, 2.05) is 27.7 Å². The molecule has 1 saturated carbocycles. The Balaban J connectivity index is 1.95. The lowest BCUT2D eigenvalue weighted by molar-refractivity contribution is 0.00578. The van der Waals surface area contributed by atoms with Crippen LogP contribution in [-0.4, -0.2) is 23.3 Å². The van der Waals surface area contributed by atoms with E-state index >= 15 is 0 Å². The van der Waals surface area contributed by atoms with E-state index < -0.39 is 24.3 Å². The summed E-state index contributed by atoms with van der Waals surface area (Å²) in [5.41, 5.74) is 5.98. The molecular formula is C14H20BFN2O2. The number of hydrogen-bond acceptors (Lipinski definition) is 4. The van der Waals surface area contributed by atoms with Crippen LogP contribution in [0.4, 0.5) is 4.39 Å². The molecule has 1 aromatic rings. The maximum atomic E-state index is 14.0. The highest BCUT2D eigenvalue weighted by Gasteiger charge is 2.53. The highest BCUT2D eigenvalue weighted by atomic mass is 19.1. The molecule has 2 heterocycles. The molecule has 0 amide bonds. The quantitative estimate of drug-likeness (QED) is 0.657. The van der Waals surface area contributed by atoms with Crippen molar-refractivity contribution < 1.29 is 13.7 Å². The Morgan fingerprint density at radius 1 is 1.20 bits per heavy atom. The molecule has 1 saturated heterocycles. The van der Waals surface area contributed by atoms with E-state index in [0.717, 1.165) is 18.4 Å². The third kappa shape index (κ3) is 2.06. The van der Waals surface area contributed by atoms with E-state index in [4.69, 9.17) is 15.0 Å². The zero-order valence-corrected chi connectivity index (χ0v) is 12.4. The molecule has 1 aliphatic carbocycles. The molecule has 0 unspecified atom stereocenters. The molecule has 1 aliphatic heterocycles. The zero-order chi connectivity index (χ0) is 14.8. The molecule has 4 nitrogen and oxygen atoms in total. The second-order valence-corrected chi connectivity index (χ2v) is 6.85. The summed E-state index contributed by atoms with van der Waals surface area (Å²) in [4.78, 5) is 3.82. The SMILES string of the molecule is CC1(C)OB(c2cc(C3(N)CC3)cnc2F)OC1(C)C. The van der Waals surface area contributed by atoms with Crippen LogP contribution in [0.1, 0.15) is 46.1 Å². The maximum absolute atomic E-state index is 14.0. The number of hydrogen-bond donors (Lipinski definition) is 1. The van der Waals surface area contributed by atoms with Crippen molar-refractivity contribution in [3.63, 3.8) is 0 Å². The standard InChI is InChI=1S/C14H20BFN2O2/c1-12(2)13(3,4)20-15(19-12)10-7-9(8-18-11(10)16)14(17)5-6-14/h7-8H,5-6,17H2,1-4H3. The minimum atomic E-state index is -0.741. The molecule has 2 N–H and O–H groups in total. The number of rotatable bonds is 2. The van der Waals surface area contributed by atoms with Gasteiger partial charge in [-0.25, -0.2) is 4.98 Å². The average molecular weight is 278 g/mol. The molecule has 2 aliphatic rings. The lowest BCUT2D eigenvalue weighted by Crippen LogP contribution is -2.41. The molecule has 2 fully saturated rings. The molecule has 0 bridgehead atoms. The van der Waals surface area contributed by atoms with Gasteiger partial charge in [-0.15, -0.1) is 0 Å². The molecule has 6 heteroatoms. The fourth-order valence-corrected chi connectivity index (χ4v) is 2.30. The highest BCUT2D eigenvalue weighted by Crippen LogP contribution is 2.42. The van der Waals surface area contributed by atoms with Gasteiger partial charge in [0.15, 0.2) is 0 Å². The Bertz CT molecular complexity index is 542. The number of nitrogens with two attached hydrogens (primary N) is 1. The van der Waals surface area contributed by atoms with E-state index in [-0.39, 0.29) is 5.54 Å². The molecule has 108 valence electrons. The van der Waals surface area contributed by atoms with Crippen LogP contribution in [0.5, 0.6) is 0 Å². The Morgan fingerprint density at radius 2 is 1.75 bits per heavy atom. The first-order valence-corrected chi connectivity index (χ1v) is 6.95. The van der Waals surface area contributed by atoms with Crippen LogP contribution in [-0.2, 0) is 14.8 Å². The van der Waals surface area contributed by atoms with Gasteiger partial charge in [-0.05, 0) is 46.1 Å². The lowest BCUT2D eigenvalue weighted by atomic mass is 9.78. The highest BCUT2D eigenvalue weighted by molar-refractivity contribution is 6.62. The van der Waals surface area contributed by atoms with E-state index in [0.29, 0.717) is 5.46 Å². The van der Waals surface area contributed by atoms with E-state index in [1.165, 1.54) is 6.20 Å². The number of aromatic nitrogens is 1. The Hall–Kier alpha value is -0.975. The number of nitrogens with zero attached hydrogens (tertiary/aromatic N) is 1. The Kier molecular flexibility index (Phi) is 2.81. The normalized spacial score (nSPS) is 25.8. The number of pyridine rings is 1. The van der Waals surface area contributed by atoms with E-state index in [2.05, 4.69) is 4.98 Å². The summed E-state index contributed by atoms with van der Waals surface area (Å²) in [5.74, 6) is -0.559. The fourth-order valence-electron chi connectivity index (χ4n) is 2.30. The van der Waals surface area contributed by atoms with Crippen molar-refractivity contribution in [1.29, 1.82) is 0 Å². The van der Waals surface area contributed by atoms with Crippen LogP contribution in [0.25, 0.3) is 0 Å². The van der Waals surface area contributed by atoms with Crippen molar-refractivity contribution in [3.8, 4) is 0 Å². The van der Waals surface area contributed by atoms with Gasteiger partial charge in [0.1, 0.15) is 0 Å². The summed E-state index contributed by atoms with van der Waals surface area (Å²) in [7, 11) is -0.741. The summed E-state index contributed by atoms with van der Waals surface area (Å²) in [5, 5.41) is 0. The predicted octanol–water partition coefficient (Wildman–Crippen LogP) is 1.47. The van der Waals surface area contributed by atoms with Crippen LogP contribution in [0.2, 0.25) is 0 Å². The van der Waals surface area contributed by atoms with Gasteiger partial charge in [0.25, 0.3) is 0 Å². The van der Waals surface area contributed by atoms with Crippen molar-refractivity contribution in [2.45, 2.75) is 57.3 Å². The lowest BCUT2D eigenvalue weighted by Gasteiger charge is -2.32. The predicted molar refractivity (Wildman–Crippen MR) is 75.0 cm³/mol. The monoisotopic (exact) mass is 278 g/mol. The van der Waals surface area contributed by atoms with Crippen LogP contribution in [0.3, 0.4) is 0 Å². The molecule has 20 heavy (non-hydrogen) atoms. The summed E-state index contributed by atoms with van der Waals surface area (Å²) in [6.45, 7) is 7.75. The summed E-state index contributed by atoms with van der Waals surface area (Å²) in [6.07, 6.45) is 3.32. The summed E-state index contributed by atoms with van der Waals surface area (Å²) >= 11 is 0. The van der Waals surface area contributed by atoms with Gasteiger partial charge >= 0.3 is 7.12 Å². The summed E-state index contributed by atoms with van der Waals surface area (Å²) in [6, 6.07) is 1.73. The summed E-state index contributed by atoms with van der Waals surface area (Å²) < 4.78 is 25.8. The maximum Gasteiger partial charge on any atom is 0.499 e. The molecule has 0 spiro atoms. The topological polar surface area (TPSA) is 57.4 Å². The first-order valence-electron chi connectivity index (χ1n) is 6.95. The van der Waals surface area contributed by atoms with Crippen molar-refractivity contribution in [1.82, 2.24) is 4.98 Å². The third-order valence-electron chi connectivity index (χ3n) is 4.74. The van der Waals surface area contributed by atoms with Gasteiger partial charge in [0.05, 0.1) is 11.2 Å². The molecule has 3 rings (SSSR count). The molecular weight excluding hydrogens is 258 g/mol. The first-order chi connectivity index (χ1) is 9.15. The van der Waals surface area contributed by atoms with Gasteiger partial charge < -0.3 is 15.0 Å². The van der Waals surface area contributed by atoms with Crippen molar-refractivity contribution in [2.75, 3.05) is 0 Å². The van der Waals surface area contributed by atoms with Gasteiger partial charge in [-0.2, -0.15) is 4.39 Å². The second kappa shape index (κ2) is 4.03. The third-order valence-corrected chi connectivity index (χ3v) is 4.74. The first kappa shape index (κ1) is 14.0. The van der Waals surface area contributed by atoms with Crippen molar-refractivity contribution in [3.05, 3.63) is 23.8 Å². The zero-order valence-electron chi connectivity index (χ0n) is 12.4. The van der Waals surface area contributed by atoms with Crippen LogP contribution in [0, 0.1) is 5.95 Å². The smallest absolute Gasteiger partial charge is 0.399 e. The molecule has 0 atom stereocenters. The van der Waals surface area contributed by atoms with E-state index in [1.54, 1.807) is 6.07 Å². The molecule has 1 aromatic heterocycles. The van der Waals surface area contributed by atoms with Gasteiger partial charge in [-0.3, -0.25) is 0 Å². The minimum Gasteiger partial charge on any atom is -0.399 e. The Morgan fingerprint density at radius 3 is 2.25 bits per heavy atom.